The molecule has 0 bridgehead atoms. The smallest absolute Gasteiger partial charge is 0.270 e. The molecule has 0 aromatic heterocycles. The van der Waals surface area contributed by atoms with Crippen molar-refractivity contribution in [3.63, 3.8) is 0 Å². The minimum absolute atomic E-state index is 0.0346. The van der Waals surface area contributed by atoms with E-state index < -0.39 is 37.5 Å². The molecular weight excluding hydrogens is 307 g/mol. The van der Waals surface area contributed by atoms with Crippen molar-refractivity contribution in [3.05, 3.63) is 34.1 Å². The number of sulfonamides is 1. The molecule has 8 nitrogen and oxygen atoms in total. The van der Waals surface area contributed by atoms with Gasteiger partial charge in [-0.25, -0.2) is 17.5 Å². The fourth-order valence-electron chi connectivity index (χ4n) is 1.52. The molecule has 0 radical (unpaired) electrons. The Balaban J connectivity index is 2.83. The SMILES string of the molecule is COCC(O)CCNS(=O)(=O)c1cc([N+](=O)[O-])ccc1F. The molecule has 10 heteroatoms. The number of non-ortho nitro benzene ring substituents is 1. The van der Waals surface area contributed by atoms with E-state index in [0.717, 1.165) is 6.07 Å². The normalized spacial score (nSPS) is 13.1. The highest BCUT2D eigenvalue weighted by molar-refractivity contribution is 7.89. The van der Waals surface area contributed by atoms with E-state index in [4.69, 9.17) is 0 Å². The van der Waals surface area contributed by atoms with Crippen LogP contribution in [0.3, 0.4) is 0 Å². The molecule has 0 aliphatic heterocycles. The Hall–Kier alpha value is -1.62. The lowest BCUT2D eigenvalue weighted by Crippen LogP contribution is -2.29. The second-order valence-corrected chi connectivity index (χ2v) is 5.90. The molecule has 0 amide bonds. The Morgan fingerprint density at radius 1 is 1.52 bits per heavy atom. The summed E-state index contributed by atoms with van der Waals surface area (Å²) in [4.78, 5) is 8.96. The average molecular weight is 322 g/mol. The van der Waals surface area contributed by atoms with Crippen LogP contribution >= 0.6 is 0 Å². The van der Waals surface area contributed by atoms with E-state index in [9.17, 15) is 28.0 Å². The quantitative estimate of drug-likeness (QED) is 0.528. The third kappa shape index (κ3) is 5.01. The summed E-state index contributed by atoms with van der Waals surface area (Å²) < 4.78 is 44.0. The summed E-state index contributed by atoms with van der Waals surface area (Å²) in [5.74, 6) is -1.09. The van der Waals surface area contributed by atoms with Crippen molar-refractivity contribution in [2.75, 3.05) is 20.3 Å². The summed E-state index contributed by atoms with van der Waals surface area (Å²) in [7, 11) is -2.86. The van der Waals surface area contributed by atoms with Crippen LogP contribution in [0.2, 0.25) is 0 Å². The van der Waals surface area contributed by atoms with Gasteiger partial charge in [0.05, 0.1) is 17.6 Å². The van der Waals surface area contributed by atoms with Crippen LogP contribution in [0.15, 0.2) is 23.1 Å². The van der Waals surface area contributed by atoms with E-state index in [-0.39, 0.29) is 19.6 Å². The van der Waals surface area contributed by atoms with Crippen LogP contribution in [0.25, 0.3) is 0 Å². The molecule has 0 saturated carbocycles. The van der Waals surface area contributed by atoms with Gasteiger partial charge in [-0.05, 0) is 12.5 Å². The Bertz CT molecular complexity index is 607. The minimum Gasteiger partial charge on any atom is -0.391 e. The Morgan fingerprint density at radius 3 is 2.76 bits per heavy atom. The van der Waals surface area contributed by atoms with Gasteiger partial charge in [-0.3, -0.25) is 10.1 Å². The van der Waals surface area contributed by atoms with Crippen LogP contribution in [-0.4, -0.2) is 44.8 Å². The average Bonchev–Trinajstić information content (AvgIpc) is 2.38. The van der Waals surface area contributed by atoms with Crippen LogP contribution in [0.5, 0.6) is 0 Å². The van der Waals surface area contributed by atoms with Crippen molar-refractivity contribution in [1.82, 2.24) is 4.72 Å². The van der Waals surface area contributed by atoms with Crippen molar-refractivity contribution in [2.45, 2.75) is 17.4 Å². The van der Waals surface area contributed by atoms with E-state index in [1.54, 1.807) is 0 Å². The molecule has 21 heavy (non-hydrogen) atoms. The van der Waals surface area contributed by atoms with Gasteiger partial charge in [-0.2, -0.15) is 0 Å². The van der Waals surface area contributed by atoms with Crippen LogP contribution in [-0.2, 0) is 14.8 Å². The van der Waals surface area contributed by atoms with Crippen molar-refractivity contribution >= 4 is 15.7 Å². The molecule has 1 aromatic rings. The highest BCUT2D eigenvalue weighted by Gasteiger charge is 2.22. The fraction of sp³-hybridized carbons (Fsp3) is 0.455. The maximum atomic E-state index is 13.5. The number of ether oxygens (including phenoxy) is 1. The van der Waals surface area contributed by atoms with Gasteiger partial charge in [0, 0.05) is 25.8 Å². The van der Waals surface area contributed by atoms with E-state index in [0.29, 0.717) is 12.1 Å². The summed E-state index contributed by atoms with van der Waals surface area (Å²) in [5, 5.41) is 20.0. The summed E-state index contributed by atoms with van der Waals surface area (Å²) in [5.41, 5.74) is -0.531. The molecule has 1 aromatic carbocycles. The first-order valence-electron chi connectivity index (χ1n) is 5.88. The van der Waals surface area contributed by atoms with Gasteiger partial charge in [-0.1, -0.05) is 0 Å². The second-order valence-electron chi connectivity index (χ2n) is 4.17. The number of benzene rings is 1. The molecule has 0 spiro atoms. The van der Waals surface area contributed by atoms with Crippen molar-refractivity contribution in [1.29, 1.82) is 0 Å². The van der Waals surface area contributed by atoms with Gasteiger partial charge in [0.1, 0.15) is 10.7 Å². The number of hydrogen-bond donors (Lipinski definition) is 2. The summed E-state index contributed by atoms with van der Waals surface area (Å²) in [6, 6.07) is 2.23. The summed E-state index contributed by atoms with van der Waals surface area (Å²) in [6.07, 6.45) is -0.809. The molecule has 0 aliphatic carbocycles. The summed E-state index contributed by atoms with van der Waals surface area (Å²) >= 11 is 0. The van der Waals surface area contributed by atoms with Crippen LogP contribution in [0, 0.1) is 15.9 Å². The number of nitro benzene ring substituents is 1. The van der Waals surface area contributed by atoms with Gasteiger partial charge < -0.3 is 9.84 Å². The number of rotatable bonds is 8. The first-order valence-corrected chi connectivity index (χ1v) is 7.37. The first-order chi connectivity index (χ1) is 9.77. The number of nitrogens with zero attached hydrogens (tertiary/aromatic N) is 1. The summed E-state index contributed by atoms with van der Waals surface area (Å²) in [6.45, 7) is -0.123. The van der Waals surface area contributed by atoms with E-state index >= 15 is 0 Å². The number of aliphatic hydroxyl groups is 1. The van der Waals surface area contributed by atoms with E-state index in [1.807, 2.05) is 0 Å². The molecule has 118 valence electrons. The molecular formula is C11H15FN2O6S. The topological polar surface area (TPSA) is 119 Å². The first kappa shape index (κ1) is 17.4. The standard InChI is InChI=1S/C11H15FN2O6S/c1-20-7-9(15)4-5-13-21(18,19)11-6-8(14(16)17)2-3-10(11)12/h2-3,6,9,13,15H,4-5,7H2,1H3. The minimum atomic E-state index is -4.24. The van der Waals surface area contributed by atoms with E-state index in [1.165, 1.54) is 7.11 Å². The molecule has 1 atom stereocenters. The number of aliphatic hydroxyl groups excluding tert-OH is 1. The van der Waals surface area contributed by atoms with Gasteiger partial charge in [0.2, 0.25) is 10.0 Å². The van der Waals surface area contributed by atoms with Gasteiger partial charge in [0.25, 0.3) is 5.69 Å². The second kappa shape index (κ2) is 7.41. The van der Waals surface area contributed by atoms with Crippen LogP contribution < -0.4 is 4.72 Å². The number of hydrogen-bond acceptors (Lipinski definition) is 6. The predicted octanol–water partition coefficient (Wildman–Crippen LogP) is 0.410. The Kier molecular flexibility index (Phi) is 6.15. The largest absolute Gasteiger partial charge is 0.391 e. The molecule has 1 unspecified atom stereocenters. The lowest BCUT2D eigenvalue weighted by molar-refractivity contribution is -0.385. The third-order valence-corrected chi connectivity index (χ3v) is 4.02. The molecule has 0 saturated heterocycles. The number of nitro groups is 1. The number of nitrogens with one attached hydrogen (secondary N) is 1. The van der Waals surface area contributed by atoms with Crippen LogP contribution in [0.1, 0.15) is 6.42 Å². The van der Waals surface area contributed by atoms with Crippen molar-refractivity contribution < 1.29 is 27.6 Å². The lowest BCUT2D eigenvalue weighted by atomic mass is 10.3. The zero-order valence-corrected chi connectivity index (χ0v) is 12.0. The van der Waals surface area contributed by atoms with Crippen molar-refractivity contribution in [2.24, 2.45) is 0 Å². The number of methoxy groups -OCH3 is 1. The lowest BCUT2D eigenvalue weighted by Gasteiger charge is -2.11. The maximum absolute atomic E-state index is 13.5. The monoisotopic (exact) mass is 322 g/mol. The van der Waals surface area contributed by atoms with Crippen LogP contribution in [0.4, 0.5) is 10.1 Å². The Labute approximate surface area is 120 Å². The Morgan fingerprint density at radius 2 is 2.19 bits per heavy atom. The molecule has 2 N–H and O–H groups in total. The maximum Gasteiger partial charge on any atom is 0.270 e. The molecule has 1 rings (SSSR count). The highest BCUT2D eigenvalue weighted by Crippen LogP contribution is 2.20. The fourth-order valence-corrected chi connectivity index (χ4v) is 2.67. The zero-order valence-electron chi connectivity index (χ0n) is 11.2. The van der Waals surface area contributed by atoms with Gasteiger partial charge in [-0.15, -0.1) is 0 Å². The van der Waals surface area contributed by atoms with Crippen molar-refractivity contribution in [3.8, 4) is 0 Å². The molecule has 0 fully saturated rings. The molecule has 0 aliphatic rings. The highest BCUT2D eigenvalue weighted by atomic mass is 32.2. The predicted molar refractivity (Wildman–Crippen MR) is 70.7 cm³/mol. The van der Waals surface area contributed by atoms with E-state index in [2.05, 4.69) is 9.46 Å². The molecule has 0 heterocycles. The third-order valence-electron chi connectivity index (χ3n) is 2.54. The van der Waals surface area contributed by atoms with Gasteiger partial charge in [0.15, 0.2) is 0 Å². The number of halogens is 1. The zero-order chi connectivity index (χ0) is 16.0. The van der Waals surface area contributed by atoms with Gasteiger partial charge >= 0.3 is 0 Å².